The maximum Gasteiger partial charge on any atom is 0.306 e. The van der Waals surface area contributed by atoms with Crippen molar-refractivity contribution in [3.05, 3.63) is 85.1 Å². The molecule has 0 aliphatic heterocycles. The van der Waals surface area contributed by atoms with Crippen molar-refractivity contribution in [1.29, 1.82) is 0 Å². The molecule has 1 N–H and O–H groups in total. The third kappa shape index (κ3) is 31.5. The van der Waals surface area contributed by atoms with Crippen LogP contribution in [0.5, 0.6) is 0 Å². The highest BCUT2D eigenvalue weighted by molar-refractivity contribution is 5.69. The Balaban J connectivity index is 4.10. The van der Waals surface area contributed by atoms with Gasteiger partial charge in [0.05, 0.1) is 0 Å². The summed E-state index contributed by atoms with van der Waals surface area (Å²) in [4.78, 5) is 23.0. The topological polar surface area (TPSA) is 63.6 Å². The Bertz CT molecular complexity index is 826. The summed E-state index contributed by atoms with van der Waals surface area (Å²) in [6.07, 6.45) is 46.2. The van der Waals surface area contributed by atoms with Gasteiger partial charge < -0.3 is 9.84 Å². The van der Waals surface area contributed by atoms with Gasteiger partial charge in [0, 0.05) is 12.8 Å². The predicted molar refractivity (Wildman–Crippen MR) is 176 cm³/mol. The number of carboxylic acids is 1. The minimum absolute atomic E-state index is 0.154. The SMILES string of the molecule is CC/C=C\C/C=C\C/C=C\C/C=C\C/C=C\C/C=C\CCC(=O)OC(/C=C\CCCCC)CCCCCCC(=O)O. The van der Waals surface area contributed by atoms with Gasteiger partial charge in [-0.05, 0) is 83.1 Å². The molecule has 1 unspecified atom stereocenters. The zero-order valence-electron chi connectivity index (χ0n) is 26.1. The number of ether oxygens (including phenoxy) is 1. The van der Waals surface area contributed by atoms with Crippen LogP contribution in [-0.4, -0.2) is 23.1 Å². The number of esters is 1. The van der Waals surface area contributed by atoms with Crippen molar-refractivity contribution in [2.75, 3.05) is 0 Å². The molecule has 1 atom stereocenters. The van der Waals surface area contributed by atoms with Gasteiger partial charge >= 0.3 is 11.9 Å². The quantitative estimate of drug-likeness (QED) is 0.0610. The summed E-state index contributed by atoms with van der Waals surface area (Å²) in [5, 5.41) is 8.76. The predicted octanol–water partition coefficient (Wildman–Crippen LogP) is 10.9. The summed E-state index contributed by atoms with van der Waals surface area (Å²) in [5.74, 6) is -0.891. The molecule has 0 amide bonds. The summed E-state index contributed by atoms with van der Waals surface area (Å²) in [6, 6.07) is 0. The first kappa shape index (κ1) is 38.1. The number of aliphatic carboxylic acids is 1. The van der Waals surface area contributed by atoms with Crippen LogP contribution in [0.1, 0.15) is 129 Å². The normalized spacial score (nSPS) is 13.4. The fraction of sp³-hybridized carbons (Fsp3) is 0.568. The monoisotopic (exact) mass is 566 g/mol. The second kappa shape index (κ2) is 31.6. The highest BCUT2D eigenvalue weighted by Crippen LogP contribution is 2.13. The maximum absolute atomic E-state index is 12.4. The van der Waals surface area contributed by atoms with Crippen LogP contribution in [0.2, 0.25) is 0 Å². The Morgan fingerprint density at radius 2 is 1.12 bits per heavy atom. The van der Waals surface area contributed by atoms with Gasteiger partial charge in [-0.15, -0.1) is 0 Å². The molecule has 0 aliphatic rings. The third-order valence-corrected chi connectivity index (χ3v) is 6.35. The van der Waals surface area contributed by atoms with E-state index in [4.69, 9.17) is 9.84 Å². The molecular weight excluding hydrogens is 508 g/mol. The number of hydrogen-bond acceptors (Lipinski definition) is 3. The molecule has 0 bridgehead atoms. The van der Waals surface area contributed by atoms with E-state index in [1.165, 1.54) is 12.8 Å². The largest absolute Gasteiger partial charge is 0.481 e. The second-order valence-corrected chi connectivity index (χ2v) is 10.3. The Morgan fingerprint density at radius 1 is 0.585 bits per heavy atom. The molecule has 0 aromatic heterocycles. The van der Waals surface area contributed by atoms with Gasteiger partial charge in [-0.3, -0.25) is 9.59 Å². The van der Waals surface area contributed by atoms with Crippen molar-refractivity contribution in [3.8, 4) is 0 Å². The van der Waals surface area contributed by atoms with Crippen LogP contribution in [0.25, 0.3) is 0 Å². The van der Waals surface area contributed by atoms with E-state index in [9.17, 15) is 9.59 Å². The Labute approximate surface area is 251 Å². The average molecular weight is 567 g/mol. The van der Waals surface area contributed by atoms with Gasteiger partial charge in [0.25, 0.3) is 0 Å². The molecule has 4 heteroatoms. The number of carbonyl (C=O) groups is 2. The van der Waals surface area contributed by atoms with Gasteiger partial charge in [-0.2, -0.15) is 0 Å². The van der Waals surface area contributed by atoms with E-state index in [1.807, 2.05) is 6.08 Å². The first-order valence-electron chi connectivity index (χ1n) is 16.1. The summed E-state index contributed by atoms with van der Waals surface area (Å²) in [5.41, 5.74) is 0. The maximum atomic E-state index is 12.4. The molecule has 0 saturated carbocycles. The lowest BCUT2D eigenvalue weighted by atomic mass is 10.1. The molecule has 0 radical (unpaired) electrons. The third-order valence-electron chi connectivity index (χ3n) is 6.35. The van der Waals surface area contributed by atoms with Gasteiger partial charge in [0.1, 0.15) is 6.10 Å². The van der Waals surface area contributed by atoms with Crippen molar-refractivity contribution >= 4 is 11.9 Å². The zero-order chi connectivity index (χ0) is 30.1. The molecule has 0 saturated heterocycles. The Kier molecular flexibility index (Phi) is 29.4. The standard InChI is InChI=1S/C37H58O4/c1-3-5-7-9-10-11-12-13-14-15-16-17-18-19-20-21-22-24-30-34-37(40)41-35(31-27-23-8-6-4-2)32-28-25-26-29-33-36(38)39/h5,7,10-11,13-14,16-17,19-20,22,24,27,31,35H,3-4,6,8-9,12,15,18,21,23,25-26,28-30,32-34H2,1-2H3,(H,38,39)/b7-5-,11-10-,14-13-,17-16-,20-19-,24-22-,31-27-. The van der Waals surface area contributed by atoms with Crippen LogP contribution in [0.4, 0.5) is 0 Å². The van der Waals surface area contributed by atoms with Crippen LogP contribution in [0.3, 0.4) is 0 Å². The molecule has 0 aromatic rings. The summed E-state index contributed by atoms with van der Waals surface area (Å²) in [6.45, 7) is 4.34. The van der Waals surface area contributed by atoms with E-state index < -0.39 is 5.97 Å². The van der Waals surface area contributed by atoms with Gasteiger partial charge in [-0.1, -0.05) is 119 Å². The molecule has 41 heavy (non-hydrogen) atoms. The lowest BCUT2D eigenvalue weighted by Gasteiger charge is -2.14. The van der Waals surface area contributed by atoms with Gasteiger partial charge in [0.15, 0.2) is 0 Å². The number of hydrogen-bond donors (Lipinski definition) is 1. The number of unbranched alkanes of at least 4 members (excludes halogenated alkanes) is 6. The number of carboxylic acid groups (broad SMARTS) is 1. The first-order chi connectivity index (χ1) is 20.1. The highest BCUT2D eigenvalue weighted by atomic mass is 16.5. The summed E-state index contributed by atoms with van der Waals surface area (Å²) in [7, 11) is 0. The lowest BCUT2D eigenvalue weighted by molar-refractivity contribution is -0.147. The number of rotatable bonds is 27. The van der Waals surface area contributed by atoms with E-state index in [0.29, 0.717) is 19.3 Å². The van der Waals surface area contributed by atoms with Gasteiger partial charge in [0.2, 0.25) is 0 Å². The van der Waals surface area contributed by atoms with Crippen molar-refractivity contribution in [3.63, 3.8) is 0 Å². The minimum atomic E-state index is -0.737. The van der Waals surface area contributed by atoms with E-state index >= 15 is 0 Å². The smallest absolute Gasteiger partial charge is 0.306 e. The highest BCUT2D eigenvalue weighted by Gasteiger charge is 2.11. The average Bonchev–Trinajstić information content (AvgIpc) is 2.95. The molecule has 0 aliphatic carbocycles. The van der Waals surface area contributed by atoms with E-state index in [-0.39, 0.29) is 18.5 Å². The second-order valence-electron chi connectivity index (χ2n) is 10.3. The zero-order valence-corrected chi connectivity index (χ0v) is 26.1. The van der Waals surface area contributed by atoms with Crippen molar-refractivity contribution < 1.29 is 19.4 Å². The Morgan fingerprint density at radius 3 is 1.66 bits per heavy atom. The van der Waals surface area contributed by atoms with Crippen molar-refractivity contribution in [1.82, 2.24) is 0 Å². The lowest BCUT2D eigenvalue weighted by Crippen LogP contribution is -2.16. The van der Waals surface area contributed by atoms with Crippen LogP contribution in [0, 0.1) is 0 Å². The molecule has 0 fully saturated rings. The van der Waals surface area contributed by atoms with Crippen LogP contribution in [0.15, 0.2) is 85.1 Å². The van der Waals surface area contributed by atoms with Crippen LogP contribution < -0.4 is 0 Å². The molecule has 0 rings (SSSR count). The molecule has 4 nitrogen and oxygen atoms in total. The van der Waals surface area contributed by atoms with Crippen LogP contribution in [-0.2, 0) is 14.3 Å². The molecule has 0 aromatic carbocycles. The molecule has 0 spiro atoms. The van der Waals surface area contributed by atoms with E-state index in [2.05, 4.69) is 92.8 Å². The number of allylic oxidation sites excluding steroid dienone is 13. The number of carbonyl (C=O) groups excluding carboxylic acids is 1. The van der Waals surface area contributed by atoms with E-state index in [1.54, 1.807) is 0 Å². The fourth-order valence-electron chi connectivity index (χ4n) is 4.00. The first-order valence-corrected chi connectivity index (χ1v) is 16.1. The molecule has 0 heterocycles. The summed E-state index contributed by atoms with van der Waals surface area (Å²) < 4.78 is 5.75. The van der Waals surface area contributed by atoms with Crippen molar-refractivity contribution in [2.24, 2.45) is 0 Å². The molecule has 230 valence electrons. The van der Waals surface area contributed by atoms with Crippen LogP contribution >= 0.6 is 0 Å². The Hall–Kier alpha value is -2.88. The summed E-state index contributed by atoms with van der Waals surface area (Å²) >= 11 is 0. The van der Waals surface area contributed by atoms with Gasteiger partial charge in [-0.25, -0.2) is 0 Å². The minimum Gasteiger partial charge on any atom is -0.481 e. The van der Waals surface area contributed by atoms with Crippen molar-refractivity contribution in [2.45, 2.75) is 136 Å². The fourth-order valence-corrected chi connectivity index (χ4v) is 4.00. The molecular formula is C37H58O4. The van der Waals surface area contributed by atoms with E-state index in [0.717, 1.165) is 77.0 Å².